The average Bonchev–Trinajstić information content (AvgIpc) is 2.37. The van der Waals surface area contributed by atoms with Crippen LogP contribution in [0.2, 0.25) is 5.02 Å². The van der Waals surface area contributed by atoms with Crippen LogP contribution in [0.4, 0.5) is 0 Å². The van der Waals surface area contributed by atoms with Gasteiger partial charge in [0.05, 0.1) is 11.1 Å². The van der Waals surface area contributed by atoms with Crippen LogP contribution in [0.5, 0.6) is 5.75 Å². The van der Waals surface area contributed by atoms with Gasteiger partial charge in [-0.15, -0.1) is 0 Å². The predicted molar refractivity (Wildman–Crippen MR) is 79.8 cm³/mol. The lowest BCUT2D eigenvalue weighted by molar-refractivity contribution is 0.290. The zero-order valence-electron chi connectivity index (χ0n) is 11.2. The Morgan fingerprint density at radius 2 is 1.89 bits per heavy atom. The molecule has 0 heterocycles. The lowest BCUT2D eigenvalue weighted by Crippen LogP contribution is -2.20. The van der Waals surface area contributed by atoms with E-state index in [4.69, 9.17) is 22.1 Å². The quantitative estimate of drug-likeness (QED) is 0.914. The number of halogens is 1. The molecule has 0 fully saturated rings. The van der Waals surface area contributed by atoms with Gasteiger partial charge in [-0.05, 0) is 37.1 Å². The minimum Gasteiger partial charge on any atom is -0.490 e. The Morgan fingerprint density at radius 3 is 2.58 bits per heavy atom. The third-order valence-corrected chi connectivity index (χ3v) is 3.39. The molecule has 0 radical (unpaired) electrons. The molecule has 0 saturated carbocycles. The molecule has 1 unspecified atom stereocenters. The Bertz CT molecular complexity index is 568. The smallest absolute Gasteiger partial charge is 0.137 e. The number of aryl methyl sites for hydroxylation is 2. The second-order valence-electron chi connectivity index (χ2n) is 4.71. The van der Waals surface area contributed by atoms with Crippen LogP contribution in [0.25, 0.3) is 0 Å². The second-order valence-corrected chi connectivity index (χ2v) is 5.12. The number of hydrogen-bond donors (Lipinski definition) is 1. The molecular formula is C16H18ClNO. The molecule has 0 aliphatic heterocycles. The molecule has 3 heteroatoms. The lowest BCUT2D eigenvalue weighted by atomic mass is 10.0. The molecular weight excluding hydrogens is 258 g/mol. The highest BCUT2D eigenvalue weighted by Gasteiger charge is 2.10. The monoisotopic (exact) mass is 275 g/mol. The predicted octanol–water partition coefficient (Wildman–Crippen LogP) is 4.04. The van der Waals surface area contributed by atoms with E-state index in [2.05, 4.69) is 32.0 Å². The van der Waals surface area contributed by atoms with E-state index in [-0.39, 0.29) is 6.04 Å². The van der Waals surface area contributed by atoms with E-state index in [1.807, 2.05) is 18.2 Å². The lowest BCUT2D eigenvalue weighted by Gasteiger charge is -2.16. The third-order valence-electron chi connectivity index (χ3n) is 3.08. The van der Waals surface area contributed by atoms with Gasteiger partial charge in [0, 0.05) is 0 Å². The van der Waals surface area contributed by atoms with E-state index in [1.54, 1.807) is 6.07 Å². The van der Waals surface area contributed by atoms with Gasteiger partial charge in [0.1, 0.15) is 12.4 Å². The van der Waals surface area contributed by atoms with Crippen LogP contribution in [-0.4, -0.2) is 6.61 Å². The van der Waals surface area contributed by atoms with Crippen LogP contribution < -0.4 is 10.5 Å². The standard InChI is InChI=1S/C16H18ClNO/c1-11-7-8-13(12(2)9-11)15(18)10-19-16-6-4-3-5-14(16)17/h3-9,15H,10,18H2,1-2H3. The minimum absolute atomic E-state index is 0.156. The van der Waals surface area contributed by atoms with Gasteiger partial charge in [-0.2, -0.15) is 0 Å². The van der Waals surface area contributed by atoms with Gasteiger partial charge in [0.2, 0.25) is 0 Å². The van der Waals surface area contributed by atoms with Gasteiger partial charge in [-0.3, -0.25) is 0 Å². The Hall–Kier alpha value is -1.51. The molecule has 100 valence electrons. The minimum atomic E-state index is -0.156. The second kappa shape index (κ2) is 6.09. The first-order chi connectivity index (χ1) is 9.08. The summed E-state index contributed by atoms with van der Waals surface area (Å²) in [4.78, 5) is 0. The van der Waals surface area contributed by atoms with E-state index < -0.39 is 0 Å². The zero-order valence-corrected chi connectivity index (χ0v) is 11.9. The van der Waals surface area contributed by atoms with Crippen LogP contribution in [0.15, 0.2) is 42.5 Å². The van der Waals surface area contributed by atoms with Crippen molar-refractivity contribution in [3.63, 3.8) is 0 Å². The molecule has 19 heavy (non-hydrogen) atoms. The van der Waals surface area contributed by atoms with E-state index in [0.29, 0.717) is 17.4 Å². The highest BCUT2D eigenvalue weighted by Crippen LogP contribution is 2.25. The van der Waals surface area contributed by atoms with Gasteiger partial charge in [0.15, 0.2) is 0 Å². The third kappa shape index (κ3) is 3.49. The Kier molecular flexibility index (Phi) is 4.46. The highest BCUT2D eigenvalue weighted by molar-refractivity contribution is 6.32. The molecule has 2 rings (SSSR count). The molecule has 0 saturated heterocycles. The topological polar surface area (TPSA) is 35.2 Å². The maximum atomic E-state index is 6.18. The van der Waals surface area contributed by atoms with Crippen molar-refractivity contribution >= 4 is 11.6 Å². The molecule has 1 atom stereocenters. The summed E-state index contributed by atoms with van der Waals surface area (Å²) in [6.45, 7) is 4.55. The number of hydrogen-bond acceptors (Lipinski definition) is 2. The summed E-state index contributed by atoms with van der Waals surface area (Å²) >= 11 is 6.04. The van der Waals surface area contributed by atoms with Gasteiger partial charge in [0.25, 0.3) is 0 Å². The summed E-state index contributed by atoms with van der Waals surface area (Å²) in [6, 6.07) is 13.5. The van der Waals surface area contributed by atoms with Crippen molar-refractivity contribution in [2.24, 2.45) is 5.73 Å². The molecule has 2 N–H and O–H groups in total. The van der Waals surface area contributed by atoms with Crippen LogP contribution in [-0.2, 0) is 0 Å². The zero-order chi connectivity index (χ0) is 13.8. The fourth-order valence-electron chi connectivity index (χ4n) is 2.07. The van der Waals surface area contributed by atoms with Crippen LogP contribution >= 0.6 is 11.6 Å². The molecule has 0 bridgehead atoms. The van der Waals surface area contributed by atoms with Crippen molar-refractivity contribution in [2.75, 3.05) is 6.61 Å². The Balaban J connectivity index is 2.05. The summed E-state index contributed by atoms with van der Waals surface area (Å²) in [5.41, 5.74) is 9.71. The number of rotatable bonds is 4. The Labute approximate surface area is 119 Å². The van der Waals surface area contributed by atoms with Crippen molar-refractivity contribution in [3.05, 3.63) is 64.2 Å². The summed E-state index contributed by atoms with van der Waals surface area (Å²) in [6.07, 6.45) is 0. The van der Waals surface area contributed by atoms with Crippen LogP contribution in [0.1, 0.15) is 22.7 Å². The Morgan fingerprint density at radius 1 is 1.16 bits per heavy atom. The molecule has 0 aliphatic rings. The SMILES string of the molecule is Cc1ccc(C(N)COc2ccccc2Cl)c(C)c1. The molecule has 2 aromatic carbocycles. The summed E-state index contributed by atoms with van der Waals surface area (Å²) in [5, 5.41) is 0.607. The largest absolute Gasteiger partial charge is 0.490 e. The first kappa shape index (κ1) is 13.9. The molecule has 0 spiro atoms. The molecule has 0 aliphatic carbocycles. The van der Waals surface area contributed by atoms with Crippen LogP contribution in [0.3, 0.4) is 0 Å². The molecule has 0 amide bonds. The van der Waals surface area contributed by atoms with E-state index in [0.717, 1.165) is 5.56 Å². The van der Waals surface area contributed by atoms with Gasteiger partial charge in [-0.1, -0.05) is 47.5 Å². The van der Waals surface area contributed by atoms with Crippen LogP contribution in [0, 0.1) is 13.8 Å². The van der Waals surface area contributed by atoms with Crippen molar-refractivity contribution in [1.29, 1.82) is 0 Å². The van der Waals surface area contributed by atoms with Gasteiger partial charge >= 0.3 is 0 Å². The highest BCUT2D eigenvalue weighted by atomic mass is 35.5. The summed E-state index contributed by atoms with van der Waals surface area (Å²) < 4.78 is 5.68. The number of ether oxygens (including phenoxy) is 1. The van der Waals surface area contributed by atoms with Crippen molar-refractivity contribution in [3.8, 4) is 5.75 Å². The fourth-order valence-corrected chi connectivity index (χ4v) is 2.26. The van der Waals surface area contributed by atoms with Crippen molar-refractivity contribution in [1.82, 2.24) is 0 Å². The number of benzene rings is 2. The molecule has 2 aromatic rings. The first-order valence-electron chi connectivity index (χ1n) is 6.28. The maximum Gasteiger partial charge on any atom is 0.137 e. The van der Waals surface area contributed by atoms with E-state index in [1.165, 1.54) is 11.1 Å². The number of para-hydroxylation sites is 1. The fraction of sp³-hybridized carbons (Fsp3) is 0.250. The summed E-state index contributed by atoms with van der Waals surface area (Å²) in [7, 11) is 0. The van der Waals surface area contributed by atoms with Crippen molar-refractivity contribution in [2.45, 2.75) is 19.9 Å². The average molecular weight is 276 g/mol. The molecule has 0 aromatic heterocycles. The van der Waals surface area contributed by atoms with Crippen molar-refractivity contribution < 1.29 is 4.74 Å². The summed E-state index contributed by atoms with van der Waals surface area (Å²) in [5.74, 6) is 0.671. The normalized spacial score (nSPS) is 12.2. The first-order valence-corrected chi connectivity index (χ1v) is 6.66. The van der Waals surface area contributed by atoms with E-state index in [9.17, 15) is 0 Å². The maximum absolute atomic E-state index is 6.18. The molecule has 2 nitrogen and oxygen atoms in total. The van der Waals surface area contributed by atoms with Gasteiger partial charge < -0.3 is 10.5 Å². The number of nitrogens with two attached hydrogens (primary N) is 1. The van der Waals surface area contributed by atoms with Gasteiger partial charge in [-0.25, -0.2) is 0 Å². The van der Waals surface area contributed by atoms with E-state index >= 15 is 0 Å².